The summed E-state index contributed by atoms with van der Waals surface area (Å²) in [6.45, 7) is 2.36. The van der Waals surface area contributed by atoms with Gasteiger partial charge in [0, 0.05) is 28.7 Å². The number of benzene rings is 1. The normalized spacial score (nSPS) is 10.8. The fraction of sp³-hybridized carbons (Fsp3) is 0.235. The lowest BCUT2D eigenvalue weighted by Gasteiger charge is -2.05. The van der Waals surface area contributed by atoms with Gasteiger partial charge < -0.3 is 15.4 Å². The van der Waals surface area contributed by atoms with Crippen molar-refractivity contribution < 1.29 is 9.72 Å². The molecule has 0 aliphatic rings. The van der Waals surface area contributed by atoms with E-state index in [4.69, 9.17) is 23.2 Å². The maximum atomic E-state index is 12.1. The number of hydrogen-bond donors (Lipinski definition) is 1. The van der Waals surface area contributed by atoms with E-state index in [1.165, 1.54) is 10.7 Å². The highest BCUT2D eigenvalue weighted by Gasteiger charge is 2.16. The zero-order valence-corrected chi connectivity index (χ0v) is 16.3. The van der Waals surface area contributed by atoms with E-state index < -0.39 is 4.92 Å². The second kappa shape index (κ2) is 8.41. The molecule has 28 heavy (non-hydrogen) atoms. The van der Waals surface area contributed by atoms with Crippen molar-refractivity contribution >= 4 is 40.7 Å². The van der Waals surface area contributed by atoms with Crippen LogP contribution in [0.4, 0.5) is 11.6 Å². The van der Waals surface area contributed by atoms with Gasteiger partial charge in [-0.3, -0.25) is 9.48 Å². The Labute approximate surface area is 170 Å². The summed E-state index contributed by atoms with van der Waals surface area (Å²) in [5.74, 6) is -0.108. The van der Waals surface area contributed by atoms with Gasteiger partial charge in [-0.25, -0.2) is 0 Å². The summed E-state index contributed by atoms with van der Waals surface area (Å²) in [4.78, 5) is 22.3. The first kappa shape index (κ1) is 19.8. The Balaban J connectivity index is 1.56. The van der Waals surface area contributed by atoms with E-state index in [-0.39, 0.29) is 24.7 Å². The highest BCUT2D eigenvalue weighted by molar-refractivity contribution is 6.35. The first-order valence-electron chi connectivity index (χ1n) is 8.28. The van der Waals surface area contributed by atoms with Crippen LogP contribution in [-0.4, -0.2) is 30.4 Å². The molecule has 146 valence electrons. The molecule has 0 saturated carbocycles. The molecule has 11 heteroatoms. The van der Waals surface area contributed by atoms with Crippen LogP contribution in [0.1, 0.15) is 17.7 Å². The Morgan fingerprint density at radius 1 is 1.25 bits per heavy atom. The van der Waals surface area contributed by atoms with Gasteiger partial charge in [0.2, 0.25) is 5.91 Å². The second-order valence-corrected chi connectivity index (χ2v) is 6.90. The maximum absolute atomic E-state index is 12.1. The van der Waals surface area contributed by atoms with Crippen LogP contribution in [0.3, 0.4) is 0 Å². The molecule has 0 saturated heterocycles. The Morgan fingerprint density at radius 3 is 2.71 bits per heavy atom. The van der Waals surface area contributed by atoms with Crippen LogP contribution >= 0.6 is 23.2 Å². The van der Waals surface area contributed by atoms with Gasteiger partial charge in [-0.2, -0.15) is 9.78 Å². The van der Waals surface area contributed by atoms with E-state index >= 15 is 0 Å². The van der Waals surface area contributed by atoms with Gasteiger partial charge in [0.25, 0.3) is 0 Å². The van der Waals surface area contributed by atoms with Crippen LogP contribution in [0.5, 0.6) is 0 Å². The molecule has 0 bridgehead atoms. The molecule has 0 aliphatic heterocycles. The fourth-order valence-corrected chi connectivity index (χ4v) is 3.03. The van der Waals surface area contributed by atoms with Crippen LogP contribution in [0.2, 0.25) is 10.0 Å². The average Bonchev–Trinajstić information content (AvgIpc) is 3.22. The molecular formula is C17H16Cl2N6O3. The highest BCUT2D eigenvalue weighted by atomic mass is 35.5. The number of carbonyl (C=O) groups excluding carboxylic acids is 1. The first-order chi connectivity index (χ1) is 13.3. The third kappa shape index (κ3) is 4.87. The Hall–Kier alpha value is -2.91. The number of aromatic nitrogens is 4. The molecule has 0 radical (unpaired) electrons. The third-order valence-corrected chi connectivity index (χ3v) is 4.55. The minimum Gasteiger partial charge on any atom is -0.358 e. The van der Waals surface area contributed by atoms with E-state index in [2.05, 4.69) is 15.5 Å². The molecule has 2 heterocycles. The summed E-state index contributed by atoms with van der Waals surface area (Å²) >= 11 is 12.0. The summed E-state index contributed by atoms with van der Waals surface area (Å²) in [7, 11) is 0. The van der Waals surface area contributed by atoms with Crippen molar-refractivity contribution in [1.82, 2.24) is 19.6 Å². The molecular weight excluding hydrogens is 407 g/mol. The molecule has 1 aromatic carbocycles. The Kier molecular flexibility index (Phi) is 5.96. The smallest absolute Gasteiger partial charge is 0.358 e. The molecule has 1 N–H and O–H groups in total. The van der Waals surface area contributed by atoms with Crippen LogP contribution in [0.15, 0.2) is 36.5 Å². The minimum atomic E-state index is -0.566. The number of nitrogens with zero attached hydrogens (tertiary/aromatic N) is 5. The van der Waals surface area contributed by atoms with E-state index in [0.717, 1.165) is 5.56 Å². The summed E-state index contributed by atoms with van der Waals surface area (Å²) in [5, 5.41) is 22.7. The molecule has 0 spiro atoms. The standard InChI is InChI=1S/C17H16Cl2N6O3/c1-11-8-16(25(27)28)22-24(11)7-5-17(26)20-15-4-6-23(21-15)10-12-2-3-13(18)9-14(12)19/h2-4,6,8-9H,5,7,10H2,1H3,(H,20,21,26). The van der Waals surface area contributed by atoms with Gasteiger partial charge in [0.1, 0.15) is 0 Å². The van der Waals surface area contributed by atoms with Crippen molar-refractivity contribution in [1.29, 1.82) is 0 Å². The number of halogens is 2. The van der Waals surface area contributed by atoms with Gasteiger partial charge in [-0.1, -0.05) is 29.3 Å². The number of carbonyl (C=O) groups is 1. The van der Waals surface area contributed by atoms with Gasteiger partial charge >= 0.3 is 5.82 Å². The topological polar surface area (TPSA) is 108 Å². The second-order valence-electron chi connectivity index (χ2n) is 6.06. The van der Waals surface area contributed by atoms with Crippen molar-refractivity contribution in [3.8, 4) is 0 Å². The van der Waals surface area contributed by atoms with Crippen molar-refractivity contribution in [2.24, 2.45) is 0 Å². The number of rotatable bonds is 7. The van der Waals surface area contributed by atoms with Crippen LogP contribution in [-0.2, 0) is 17.9 Å². The quantitative estimate of drug-likeness (QED) is 0.461. The molecule has 0 fully saturated rings. The van der Waals surface area contributed by atoms with E-state index in [9.17, 15) is 14.9 Å². The molecule has 1 amide bonds. The molecule has 0 aliphatic carbocycles. The van der Waals surface area contributed by atoms with Crippen molar-refractivity contribution in [3.63, 3.8) is 0 Å². The van der Waals surface area contributed by atoms with Crippen molar-refractivity contribution in [2.75, 3.05) is 5.32 Å². The van der Waals surface area contributed by atoms with Gasteiger partial charge in [0.15, 0.2) is 5.82 Å². The minimum absolute atomic E-state index is 0.107. The summed E-state index contributed by atoms with van der Waals surface area (Å²) in [6, 6.07) is 8.26. The largest absolute Gasteiger partial charge is 0.390 e. The number of hydrogen-bond acceptors (Lipinski definition) is 5. The summed E-state index contributed by atoms with van der Waals surface area (Å²) < 4.78 is 3.07. The predicted octanol–water partition coefficient (Wildman–Crippen LogP) is 3.68. The number of nitrogens with one attached hydrogen (secondary N) is 1. The lowest BCUT2D eigenvalue weighted by molar-refractivity contribution is -0.389. The monoisotopic (exact) mass is 422 g/mol. The Morgan fingerprint density at radius 2 is 2.04 bits per heavy atom. The summed E-state index contributed by atoms with van der Waals surface area (Å²) in [6.07, 6.45) is 1.83. The van der Waals surface area contributed by atoms with E-state index in [1.54, 1.807) is 36.0 Å². The van der Waals surface area contributed by atoms with Crippen LogP contribution < -0.4 is 5.32 Å². The Bertz CT molecular complexity index is 1030. The fourth-order valence-electron chi connectivity index (χ4n) is 2.56. The molecule has 0 unspecified atom stereocenters. The van der Waals surface area contributed by atoms with Crippen molar-refractivity contribution in [2.45, 2.75) is 26.4 Å². The summed E-state index contributed by atoms with van der Waals surface area (Å²) in [5.41, 5.74) is 1.46. The zero-order valence-electron chi connectivity index (χ0n) is 14.8. The molecule has 3 aromatic rings. The zero-order chi connectivity index (χ0) is 20.3. The predicted molar refractivity (Wildman–Crippen MR) is 105 cm³/mol. The number of nitro groups is 1. The van der Waals surface area contributed by atoms with Gasteiger partial charge in [0.05, 0.1) is 29.9 Å². The number of amides is 1. The molecule has 9 nitrogen and oxygen atoms in total. The highest BCUT2D eigenvalue weighted by Crippen LogP contribution is 2.22. The maximum Gasteiger partial charge on any atom is 0.390 e. The SMILES string of the molecule is Cc1cc([N+](=O)[O-])nn1CCC(=O)Nc1ccn(Cc2ccc(Cl)cc2Cl)n1. The third-order valence-electron chi connectivity index (χ3n) is 3.96. The number of anilines is 1. The molecule has 0 atom stereocenters. The van der Waals surface area contributed by atoms with Crippen LogP contribution in [0.25, 0.3) is 0 Å². The van der Waals surface area contributed by atoms with Crippen LogP contribution in [0, 0.1) is 17.0 Å². The van der Waals surface area contributed by atoms with Gasteiger partial charge in [-0.05, 0) is 29.5 Å². The lowest BCUT2D eigenvalue weighted by Crippen LogP contribution is -2.16. The lowest BCUT2D eigenvalue weighted by atomic mass is 10.2. The van der Waals surface area contributed by atoms with E-state index in [1.807, 2.05) is 6.07 Å². The first-order valence-corrected chi connectivity index (χ1v) is 9.03. The number of aryl methyl sites for hydroxylation is 2. The molecule has 2 aromatic heterocycles. The van der Waals surface area contributed by atoms with Crippen molar-refractivity contribution in [3.05, 3.63) is 67.9 Å². The average molecular weight is 423 g/mol. The molecule has 3 rings (SSSR count). The van der Waals surface area contributed by atoms with Gasteiger partial charge in [-0.15, -0.1) is 0 Å². The van der Waals surface area contributed by atoms with E-state index in [0.29, 0.717) is 28.1 Å².